The molecule has 0 aliphatic carbocycles. The van der Waals surface area contributed by atoms with E-state index in [2.05, 4.69) is 26.2 Å². The predicted octanol–water partition coefficient (Wildman–Crippen LogP) is 2.42. The van der Waals surface area contributed by atoms with Crippen LogP contribution in [0.3, 0.4) is 0 Å². The molecule has 1 aromatic heterocycles. The monoisotopic (exact) mass is 323 g/mol. The molecule has 1 heterocycles. The Hall–Kier alpha value is -1.69. The van der Waals surface area contributed by atoms with Crippen molar-refractivity contribution in [1.29, 1.82) is 0 Å². The average molecular weight is 324 g/mol. The molecule has 0 saturated heterocycles. The third-order valence-corrected chi connectivity index (χ3v) is 3.40. The summed E-state index contributed by atoms with van der Waals surface area (Å²) in [7, 11) is 1.74. The molecule has 0 unspecified atom stereocenters. The molecule has 0 radical (unpaired) electrons. The number of rotatable bonds is 4. The number of esters is 1. The van der Waals surface area contributed by atoms with Crippen LogP contribution in [-0.2, 0) is 23.0 Å². The van der Waals surface area contributed by atoms with Crippen molar-refractivity contribution in [1.82, 2.24) is 15.0 Å². The van der Waals surface area contributed by atoms with Crippen LogP contribution in [0.15, 0.2) is 34.9 Å². The Balaban J connectivity index is 1.99. The van der Waals surface area contributed by atoms with Gasteiger partial charge in [-0.05, 0) is 28.4 Å². The van der Waals surface area contributed by atoms with Gasteiger partial charge in [0, 0.05) is 7.05 Å². The summed E-state index contributed by atoms with van der Waals surface area (Å²) in [6.07, 6.45) is -0.130. The molecule has 0 spiro atoms. The van der Waals surface area contributed by atoms with E-state index in [1.54, 1.807) is 11.7 Å². The van der Waals surface area contributed by atoms with E-state index in [4.69, 9.17) is 4.74 Å². The molecule has 2 rings (SSSR count). The number of carbonyl (C=O) groups excluding carboxylic acids is 1. The van der Waals surface area contributed by atoms with Gasteiger partial charge in [-0.1, -0.05) is 35.5 Å². The maximum atomic E-state index is 11.9. The number of aryl methyl sites for hydroxylation is 1. The fourth-order valence-electron chi connectivity index (χ4n) is 1.71. The number of halogens is 1. The number of nitrogens with zero attached hydrogens (tertiary/aromatic N) is 3. The second kappa shape index (κ2) is 5.97. The first-order valence-corrected chi connectivity index (χ1v) is 6.65. The van der Waals surface area contributed by atoms with Crippen LogP contribution in [0.1, 0.15) is 24.3 Å². The summed E-state index contributed by atoms with van der Waals surface area (Å²) in [5.74, 6) is -0.303. The third kappa shape index (κ3) is 3.41. The van der Waals surface area contributed by atoms with Crippen molar-refractivity contribution in [2.75, 3.05) is 0 Å². The lowest BCUT2D eigenvalue weighted by Gasteiger charge is -2.13. The van der Waals surface area contributed by atoms with Gasteiger partial charge in [0.15, 0.2) is 4.60 Å². The van der Waals surface area contributed by atoms with Crippen LogP contribution in [0.4, 0.5) is 0 Å². The summed E-state index contributed by atoms with van der Waals surface area (Å²) in [5.41, 5.74) is 1.67. The zero-order valence-corrected chi connectivity index (χ0v) is 12.3. The molecule has 100 valence electrons. The maximum absolute atomic E-state index is 11.9. The van der Waals surface area contributed by atoms with Gasteiger partial charge in [-0.15, -0.1) is 5.10 Å². The second-order valence-corrected chi connectivity index (χ2v) is 4.92. The molecule has 0 aliphatic heterocycles. The highest BCUT2D eigenvalue weighted by molar-refractivity contribution is 9.10. The molecule has 0 aliphatic rings. The van der Waals surface area contributed by atoms with Gasteiger partial charge in [0.05, 0.1) is 12.1 Å². The van der Waals surface area contributed by atoms with Gasteiger partial charge >= 0.3 is 5.97 Å². The van der Waals surface area contributed by atoms with Gasteiger partial charge in [0.2, 0.25) is 0 Å². The van der Waals surface area contributed by atoms with Crippen LogP contribution in [0.25, 0.3) is 0 Å². The van der Waals surface area contributed by atoms with Crippen molar-refractivity contribution >= 4 is 21.9 Å². The van der Waals surface area contributed by atoms with Crippen molar-refractivity contribution in [3.8, 4) is 0 Å². The Morgan fingerprint density at radius 1 is 1.42 bits per heavy atom. The predicted molar refractivity (Wildman–Crippen MR) is 73.4 cm³/mol. The van der Waals surface area contributed by atoms with E-state index in [1.165, 1.54) is 0 Å². The zero-order valence-electron chi connectivity index (χ0n) is 10.7. The summed E-state index contributed by atoms with van der Waals surface area (Å²) in [5, 5.41) is 7.65. The van der Waals surface area contributed by atoms with Crippen LogP contribution in [-0.4, -0.2) is 21.0 Å². The van der Waals surface area contributed by atoms with Crippen LogP contribution >= 0.6 is 15.9 Å². The molecule has 0 saturated carbocycles. The Bertz CT molecular complexity index is 549. The zero-order chi connectivity index (χ0) is 13.8. The van der Waals surface area contributed by atoms with E-state index in [0.29, 0.717) is 10.3 Å². The molecule has 1 aromatic carbocycles. The standard InChI is InChI=1S/C13H14BrN3O2/c1-9(10-6-4-3-5-7-10)19-12(18)8-11-13(14)15-16-17(11)2/h3-7,9H,8H2,1-2H3/t9-/m1/s1. The first-order valence-electron chi connectivity index (χ1n) is 5.86. The first kappa shape index (κ1) is 13.7. The fourth-order valence-corrected chi connectivity index (χ4v) is 2.17. The molecule has 0 amide bonds. The van der Waals surface area contributed by atoms with Gasteiger partial charge in [0.25, 0.3) is 0 Å². The van der Waals surface area contributed by atoms with Gasteiger partial charge in [-0.25, -0.2) is 0 Å². The van der Waals surface area contributed by atoms with Gasteiger partial charge in [0.1, 0.15) is 6.10 Å². The van der Waals surface area contributed by atoms with Crippen LogP contribution in [0.2, 0.25) is 0 Å². The highest BCUT2D eigenvalue weighted by atomic mass is 79.9. The minimum Gasteiger partial charge on any atom is -0.457 e. The molecule has 0 fully saturated rings. The number of hydrogen-bond acceptors (Lipinski definition) is 4. The molecule has 5 nitrogen and oxygen atoms in total. The highest BCUT2D eigenvalue weighted by Crippen LogP contribution is 2.18. The summed E-state index contributed by atoms with van der Waals surface area (Å²) >= 11 is 3.25. The number of hydrogen-bond donors (Lipinski definition) is 0. The third-order valence-electron chi connectivity index (χ3n) is 2.78. The molecule has 2 aromatic rings. The minimum absolute atomic E-state index is 0.140. The smallest absolute Gasteiger partial charge is 0.312 e. The van der Waals surface area contributed by atoms with Crippen molar-refractivity contribution < 1.29 is 9.53 Å². The normalized spacial score (nSPS) is 12.2. The summed E-state index contributed by atoms with van der Waals surface area (Å²) in [4.78, 5) is 11.9. The topological polar surface area (TPSA) is 57.0 Å². The van der Waals surface area contributed by atoms with Crippen LogP contribution < -0.4 is 0 Å². The largest absolute Gasteiger partial charge is 0.457 e. The van der Waals surface area contributed by atoms with E-state index in [0.717, 1.165) is 5.56 Å². The molecule has 1 atom stereocenters. The van der Waals surface area contributed by atoms with Crippen molar-refractivity contribution in [3.05, 3.63) is 46.2 Å². The molecule has 19 heavy (non-hydrogen) atoms. The minimum atomic E-state index is -0.303. The molecule has 0 bridgehead atoms. The SMILES string of the molecule is C[C@@H](OC(=O)Cc1c(Br)nnn1C)c1ccccc1. The number of ether oxygens (including phenoxy) is 1. The van der Waals surface area contributed by atoms with Gasteiger partial charge < -0.3 is 4.74 Å². The van der Waals surface area contributed by atoms with Crippen molar-refractivity contribution in [2.45, 2.75) is 19.4 Å². The van der Waals surface area contributed by atoms with E-state index in [1.807, 2.05) is 37.3 Å². The summed E-state index contributed by atoms with van der Waals surface area (Å²) in [6.45, 7) is 1.85. The van der Waals surface area contributed by atoms with E-state index >= 15 is 0 Å². The van der Waals surface area contributed by atoms with Gasteiger partial charge in [-0.3, -0.25) is 9.48 Å². The van der Waals surface area contributed by atoms with Crippen LogP contribution in [0, 0.1) is 0 Å². The van der Waals surface area contributed by atoms with Gasteiger partial charge in [-0.2, -0.15) is 0 Å². The summed E-state index contributed by atoms with van der Waals surface area (Å²) < 4.78 is 7.51. The number of aromatic nitrogens is 3. The fraction of sp³-hybridized carbons (Fsp3) is 0.308. The highest BCUT2D eigenvalue weighted by Gasteiger charge is 2.16. The molecular weight excluding hydrogens is 310 g/mol. The van der Waals surface area contributed by atoms with E-state index in [9.17, 15) is 4.79 Å². The van der Waals surface area contributed by atoms with Crippen molar-refractivity contribution in [2.24, 2.45) is 7.05 Å². The average Bonchev–Trinajstić information content (AvgIpc) is 2.71. The summed E-state index contributed by atoms with van der Waals surface area (Å²) in [6, 6.07) is 9.62. The Labute approximate surface area is 119 Å². The Kier molecular flexibility index (Phi) is 4.31. The lowest BCUT2D eigenvalue weighted by atomic mass is 10.1. The van der Waals surface area contributed by atoms with Crippen molar-refractivity contribution in [3.63, 3.8) is 0 Å². The molecular formula is C13H14BrN3O2. The number of benzene rings is 1. The molecule has 6 heteroatoms. The number of carbonyl (C=O) groups is 1. The lowest BCUT2D eigenvalue weighted by molar-refractivity contribution is -0.147. The van der Waals surface area contributed by atoms with Crippen LogP contribution in [0.5, 0.6) is 0 Å². The Morgan fingerprint density at radius 3 is 2.68 bits per heavy atom. The Morgan fingerprint density at radius 2 is 2.11 bits per heavy atom. The lowest BCUT2D eigenvalue weighted by Crippen LogP contribution is -2.13. The second-order valence-electron chi connectivity index (χ2n) is 4.17. The molecule has 0 N–H and O–H groups in total. The quantitative estimate of drug-likeness (QED) is 0.811. The first-order chi connectivity index (χ1) is 9.08. The van der Waals surface area contributed by atoms with E-state index in [-0.39, 0.29) is 18.5 Å². The van der Waals surface area contributed by atoms with E-state index < -0.39 is 0 Å². The maximum Gasteiger partial charge on any atom is 0.312 e.